The van der Waals surface area contributed by atoms with Crippen molar-refractivity contribution >= 4 is 11.8 Å². The Morgan fingerprint density at radius 3 is 2.53 bits per heavy atom. The molecule has 0 amide bonds. The molecule has 0 aliphatic heterocycles. The normalized spacial score (nSPS) is 12.9. The van der Waals surface area contributed by atoms with Crippen molar-refractivity contribution in [3.05, 3.63) is 53.1 Å². The van der Waals surface area contributed by atoms with Crippen LogP contribution in [0.25, 0.3) is 5.57 Å². The van der Waals surface area contributed by atoms with Crippen molar-refractivity contribution < 1.29 is 8.78 Å². The van der Waals surface area contributed by atoms with Crippen LogP contribution in [0.4, 0.5) is 8.78 Å². The molecule has 0 aromatic heterocycles. The zero-order chi connectivity index (χ0) is 12.8. The molecule has 1 aromatic rings. The number of hydrogen-bond acceptors (Lipinski definition) is 1. The van der Waals surface area contributed by atoms with E-state index in [9.17, 15) is 8.78 Å². The summed E-state index contributed by atoms with van der Waals surface area (Å²) in [5.74, 6) is -1.08. The van der Waals surface area contributed by atoms with Gasteiger partial charge in [0.25, 0.3) is 0 Å². The summed E-state index contributed by atoms with van der Waals surface area (Å²) < 4.78 is 26.5. The van der Waals surface area contributed by atoms with E-state index >= 15 is 0 Å². The number of hydrogen-bond donors (Lipinski definition) is 0. The van der Waals surface area contributed by atoms with E-state index in [0.29, 0.717) is 11.1 Å². The van der Waals surface area contributed by atoms with Gasteiger partial charge in [-0.2, -0.15) is 0 Å². The molecule has 0 N–H and O–H groups in total. The van der Waals surface area contributed by atoms with Crippen molar-refractivity contribution in [2.24, 2.45) is 4.99 Å². The summed E-state index contributed by atoms with van der Waals surface area (Å²) in [5, 5.41) is 0. The third kappa shape index (κ3) is 3.63. The highest BCUT2D eigenvalue weighted by molar-refractivity contribution is 5.73. The quantitative estimate of drug-likeness (QED) is 0.556. The van der Waals surface area contributed by atoms with Gasteiger partial charge in [-0.15, -0.1) is 0 Å². The molecule has 0 saturated heterocycles. The molecule has 0 saturated carbocycles. The van der Waals surface area contributed by atoms with Crippen LogP contribution in [0.1, 0.15) is 18.1 Å². The van der Waals surface area contributed by atoms with Gasteiger partial charge in [-0.1, -0.05) is 12.2 Å². The van der Waals surface area contributed by atoms with Crippen LogP contribution in [0, 0.1) is 18.6 Å². The Balaban J connectivity index is 3.08. The highest BCUT2D eigenvalue weighted by Crippen LogP contribution is 2.23. The van der Waals surface area contributed by atoms with Gasteiger partial charge in [0.05, 0.1) is 0 Å². The smallest absolute Gasteiger partial charge is 0.133 e. The lowest BCUT2D eigenvalue weighted by molar-refractivity contribution is 0.579. The van der Waals surface area contributed by atoms with Crippen LogP contribution in [0.2, 0.25) is 0 Å². The topological polar surface area (TPSA) is 12.4 Å². The van der Waals surface area contributed by atoms with Crippen LogP contribution in [0.3, 0.4) is 0 Å². The minimum absolute atomic E-state index is 0.449. The Kier molecular flexibility index (Phi) is 4.76. The van der Waals surface area contributed by atoms with E-state index in [1.807, 2.05) is 0 Å². The largest absolute Gasteiger partial charge is 0.297 e. The minimum Gasteiger partial charge on any atom is -0.297 e. The number of halogens is 2. The fourth-order valence-electron chi connectivity index (χ4n) is 1.62. The van der Waals surface area contributed by atoms with E-state index in [2.05, 4.69) is 4.99 Å². The van der Waals surface area contributed by atoms with E-state index in [1.165, 1.54) is 6.07 Å². The Morgan fingerprint density at radius 2 is 1.94 bits per heavy atom. The van der Waals surface area contributed by atoms with E-state index in [1.54, 1.807) is 45.3 Å². The maximum Gasteiger partial charge on any atom is 0.133 e. The summed E-state index contributed by atoms with van der Waals surface area (Å²) in [7, 11) is 1.67. The second kappa shape index (κ2) is 6.09. The minimum atomic E-state index is -0.551. The second-order valence-corrected chi connectivity index (χ2v) is 3.72. The molecule has 0 atom stereocenters. The summed E-state index contributed by atoms with van der Waals surface area (Å²) >= 11 is 0. The zero-order valence-corrected chi connectivity index (χ0v) is 10.2. The maximum absolute atomic E-state index is 13.6. The van der Waals surface area contributed by atoms with Crippen molar-refractivity contribution in [2.75, 3.05) is 7.05 Å². The molecule has 3 heteroatoms. The summed E-state index contributed by atoms with van der Waals surface area (Å²) in [6, 6.07) is 2.23. The molecule has 0 spiro atoms. The molecular weight excluding hydrogens is 220 g/mol. The fourth-order valence-corrected chi connectivity index (χ4v) is 1.62. The van der Waals surface area contributed by atoms with Gasteiger partial charge in [-0.3, -0.25) is 4.99 Å². The molecule has 0 radical (unpaired) electrons. The zero-order valence-electron chi connectivity index (χ0n) is 10.2. The number of aryl methyl sites for hydroxylation is 1. The lowest BCUT2D eigenvalue weighted by Crippen LogP contribution is -1.93. The van der Waals surface area contributed by atoms with Crippen LogP contribution in [0.5, 0.6) is 0 Å². The Bertz CT molecular complexity index is 462. The third-order valence-corrected chi connectivity index (χ3v) is 2.34. The first kappa shape index (κ1) is 13.3. The maximum atomic E-state index is 13.6. The van der Waals surface area contributed by atoms with Gasteiger partial charge in [0.15, 0.2) is 0 Å². The number of allylic oxidation sites excluding steroid dienone is 4. The first-order chi connectivity index (χ1) is 8.06. The predicted molar refractivity (Wildman–Crippen MR) is 68.3 cm³/mol. The summed E-state index contributed by atoms with van der Waals surface area (Å²) in [6.45, 7) is 3.48. The SMILES string of the molecule is CN=C/C=C\C=C(/C)c1c(C)cc(F)cc1F. The van der Waals surface area contributed by atoms with E-state index < -0.39 is 11.6 Å². The van der Waals surface area contributed by atoms with Gasteiger partial charge in [0, 0.05) is 24.9 Å². The standard InChI is InChI=1S/C14H15F2N/c1-10(6-4-5-7-17-3)14-11(2)8-12(15)9-13(14)16/h4-9H,1-3H3/b5-4-,10-6+,17-7?. The van der Waals surface area contributed by atoms with Crippen molar-refractivity contribution in [1.29, 1.82) is 0 Å². The molecule has 1 nitrogen and oxygen atoms in total. The molecular formula is C14H15F2N. The number of nitrogens with zero attached hydrogens (tertiary/aromatic N) is 1. The molecule has 17 heavy (non-hydrogen) atoms. The molecule has 0 aliphatic rings. The molecule has 1 rings (SSSR count). The van der Waals surface area contributed by atoms with Crippen LogP contribution in [0.15, 0.2) is 35.4 Å². The van der Waals surface area contributed by atoms with E-state index in [0.717, 1.165) is 11.6 Å². The van der Waals surface area contributed by atoms with Crippen molar-refractivity contribution in [3.8, 4) is 0 Å². The van der Waals surface area contributed by atoms with E-state index in [-0.39, 0.29) is 0 Å². The van der Waals surface area contributed by atoms with Crippen LogP contribution >= 0.6 is 0 Å². The first-order valence-corrected chi connectivity index (χ1v) is 5.28. The number of rotatable bonds is 3. The lowest BCUT2D eigenvalue weighted by Gasteiger charge is -2.07. The highest BCUT2D eigenvalue weighted by atomic mass is 19.1. The third-order valence-electron chi connectivity index (χ3n) is 2.34. The van der Waals surface area contributed by atoms with Crippen molar-refractivity contribution in [2.45, 2.75) is 13.8 Å². The molecule has 90 valence electrons. The van der Waals surface area contributed by atoms with Gasteiger partial charge in [0.2, 0.25) is 0 Å². The Hall–Kier alpha value is -1.77. The van der Waals surface area contributed by atoms with Crippen LogP contribution in [-0.2, 0) is 0 Å². The lowest BCUT2D eigenvalue weighted by atomic mass is 10.0. The highest BCUT2D eigenvalue weighted by Gasteiger charge is 2.09. The molecule has 0 bridgehead atoms. The molecule has 0 heterocycles. The Labute approximate surface area is 100 Å². The second-order valence-electron chi connectivity index (χ2n) is 3.72. The first-order valence-electron chi connectivity index (χ1n) is 5.28. The van der Waals surface area contributed by atoms with Gasteiger partial charge < -0.3 is 0 Å². The molecule has 0 fully saturated rings. The van der Waals surface area contributed by atoms with Crippen LogP contribution < -0.4 is 0 Å². The van der Waals surface area contributed by atoms with Gasteiger partial charge >= 0.3 is 0 Å². The van der Waals surface area contributed by atoms with E-state index in [4.69, 9.17) is 0 Å². The summed E-state index contributed by atoms with van der Waals surface area (Å²) in [5.41, 5.74) is 1.79. The van der Waals surface area contributed by atoms with Gasteiger partial charge in [-0.25, -0.2) is 8.78 Å². The average molecular weight is 235 g/mol. The van der Waals surface area contributed by atoms with Gasteiger partial charge in [-0.05, 0) is 37.1 Å². The molecule has 0 aliphatic carbocycles. The monoisotopic (exact) mass is 235 g/mol. The summed E-state index contributed by atoms with van der Waals surface area (Å²) in [6.07, 6.45) is 6.92. The van der Waals surface area contributed by atoms with Crippen molar-refractivity contribution in [3.63, 3.8) is 0 Å². The Morgan fingerprint density at radius 1 is 1.24 bits per heavy atom. The number of aliphatic imine (C=N–C) groups is 1. The predicted octanol–water partition coefficient (Wildman–Crippen LogP) is 3.93. The van der Waals surface area contributed by atoms with Crippen LogP contribution in [-0.4, -0.2) is 13.3 Å². The average Bonchev–Trinajstić information content (AvgIpc) is 2.23. The number of benzene rings is 1. The van der Waals surface area contributed by atoms with Gasteiger partial charge in [0.1, 0.15) is 11.6 Å². The summed E-state index contributed by atoms with van der Waals surface area (Å²) in [4.78, 5) is 3.79. The fraction of sp³-hybridized carbons (Fsp3) is 0.214. The molecule has 1 aromatic carbocycles. The molecule has 0 unspecified atom stereocenters. The van der Waals surface area contributed by atoms with Crippen molar-refractivity contribution in [1.82, 2.24) is 0 Å².